The van der Waals surface area contributed by atoms with Crippen molar-refractivity contribution >= 4 is 15.9 Å². The maximum absolute atomic E-state index is 13.1. The lowest BCUT2D eigenvalue weighted by Gasteiger charge is -2.31. The number of nitrogens with zero attached hydrogens (tertiary/aromatic N) is 1. The SMILES string of the molecule is COc1ccccc1OC[C@@H](C)NC(=O)C1CCN(S(=O)(=O)c2ccc(F)cc2)CC1. The van der Waals surface area contributed by atoms with Crippen LogP contribution in [0.2, 0.25) is 0 Å². The Hall–Kier alpha value is -2.65. The highest BCUT2D eigenvalue weighted by atomic mass is 32.2. The summed E-state index contributed by atoms with van der Waals surface area (Å²) >= 11 is 0. The molecular weight excluding hydrogens is 423 g/mol. The van der Waals surface area contributed by atoms with Crippen LogP contribution in [0.4, 0.5) is 4.39 Å². The highest BCUT2D eigenvalue weighted by molar-refractivity contribution is 7.89. The molecule has 0 bridgehead atoms. The van der Waals surface area contributed by atoms with Crippen LogP contribution in [0.25, 0.3) is 0 Å². The minimum atomic E-state index is -3.69. The number of carbonyl (C=O) groups excluding carboxylic acids is 1. The molecular formula is C22H27FN2O5S. The second kappa shape index (κ2) is 10.1. The molecule has 168 valence electrons. The van der Waals surface area contributed by atoms with Crippen LogP contribution in [-0.4, -0.2) is 51.5 Å². The van der Waals surface area contributed by atoms with Gasteiger partial charge in [-0.05, 0) is 56.2 Å². The van der Waals surface area contributed by atoms with Gasteiger partial charge in [0.1, 0.15) is 12.4 Å². The van der Waals surface area contributed by atoms with Gasteiger partial charge in [-0.1, -0.05) is 12.1 Å². The number of halogens is 1. The van der Waals surface area contributed by atoms with E-state index in [1.165, 1.54) is 16.4 Å². The Morgan fingerprint density at radius 1 is 1.13 bits per heavy atom. The zero-order valence-corrected chi connectivity index (χ0v) is 18.4. The van der Waals surface area contributed by atoms with Crippen molar-refractivity contribution in [2.24, 2.45) is 5.92 Å². The van der Waals surface area contributed by atoms with Crippen molar-refractivity contribution in [3.05, 3.63) is 54.3 Å². The summed E-state index contributed by atoms with van der Waals surface area (Å²) in [5, 5.41) is 2.93. The predicted molar refractivity (Wildman–Crippen MR) is 114 cm³/mol. The molecule has 1 fully saturated rings. The number of nitrogens with one attached hydrogen (secondary N) is 1. The molecule has 0 aromatic heterocycles. The van der Waals surface area contributed by atoms with E-state index in [0.717, 1.165) is 12.1 Å². The Balaban J connectivity index is 1.49. The van der Waals surface area contributed by atoms with Gasteiger partial charge in [-0.2, -0.15) is 4.31 Å². The zero-order valence-electron chi connectivity index (χ0n) is 17.6. The van der Waals surface area contributed by atoms with Crippen molar-refractivity contribution in [1.82, 2.24) is 9.62 Å². The summed E-state index contributed by atoms with van der Waals surface area (Å²) in [5.74, 6) is 0.350. The zero-order chi connectivity index (χ0) is 22.4. The molecule has 31 heavy (non-hydrogen) atoms. The number of carbonyl (C=O) groups is 1. The molecule has 1 aliphatic heterocycles. The maximum atomic E-state index is 13.1. The van der Waals surface area contributed by atoms with Gasteiger partial charge >= 0.3 is 0 Å². The minimum Gasteiger partial charge on any atom is -0.493 e. The summed E-state index contributed by atoms with van der Waals surface area (Å²) in [7, 11) is -2.13. The molecule has 7 nitrogen and oxygen atoms in total. The smallest absolute Gasteiger partial charge is 0.243 e. The molecule has 1 N–H and O–H groups in total. The van der Waals surface area contributed by atoms with Gasteiger partial charge in [-0.3, -0.25) is 4.79 Å². The standard InChI is InChI=1S/C22H27FN2O5S/c1-16(15-30-21-6-4-3-5-20(21)29-2)24-22(26)17-11-13-25(14-12-17)31(27,28)19-9-7-18(23)8-10-19/h3-10,16-17H,11-15H2,1-2H3,(H,24,26)/t16-/m1/s1. The molecule has 1 atom stereocenters. The summed E-state index contributed by atoms with van der Waals surface area (Å²) in [6.45, 7) is 2.61. The van der Waals surface area contributed by atoms with Crippen molar-refractivity contribution in [2.75, 3.05) is 26.8 Å². The molecule has 1 saturated heterocycles. The Bertz CT molecular complexity index is 989. The summed E-state index contributed by atoms with van der Waals surface area (Å²) in [6.07, 6.45) is 0.846. The number of amides is 1. The van der Waals surface area contributed by atoms with Gasteiger partial charge in [0.15, 0.2) is 11.5 Å². The summed E-state index contributed by atoms with van der Waals surface area (Å²) in [5.41, 5.74) is 0. The summed E-state index contributed by atoms with van der Waals surface area (Å²) in [6, 6.07) is 11.8. The van der Waals surface area contributed by atoms with Gasteiger partial charge in [-0.15, -0.1) is 0 Å². The van der Waals surface area contributed by atoms with E-state index in [4.69, 9.17) is 9.47 Å². The number of sulfonamides is 1. The number of methoxy groups -OCH3 is 1. The fraction of sp³-hybridized carbons (Fsp3) is 0.409. The van der Waals surface area contributed by atoms with E-state index >= 15 is 0 Å². The summed E-state index contributed by atoms with van der Waals surface area (Å²) < 4.78 is 50.8. The average molecular weight is 451 g/mol. The molecule has 1 amide bonds. The molecule has 2 aromatic rings. The fourth-order valence-electron chi connectivity index (χ4n) is 3.47. The molecule has 0 spiro atoms. The van der Waals surface area contributed by atoms with Gasteiger partial charge in [0.05, 0.1) is 18.0 Å². The molecule has 0 radical (unpaired) electrons. The highest BCUT2D eigenvalue weighted by Gasteiger charge is 2.32. The Morgan fingerprint density at radius 2 is 1.74 bits per heavy atom. The molecule has 0 aliphatic carbocycles. The monoisotopic (exact) mass is 450 g/mol. The van der Waals surface area contributed by atoms with Gasteiger partial charge < -0.3 is 14.8 Å². The van der Waals surface area contributed by atoms with Crippen LogP contribution in [0.1, 0.15) is 19.8 Å². The lowest BCUT2D eigenvalue weighted by atomic mass is 9.97. The van der Waals surface area contributed by atoms with Crippen LogP contribution in [0.3, 0.4) is 0 Å². The van der Waals surface area contributed by atoms with Gasteiger partial charge in [0.2, 0.25) is 15.9 Å². The number of ether oxygens (including phenoxy) is 2. The lowest BCUT2D eigenvalue weighted by molar-refractivity contribution is -0.126. The Morgan fingerprint density at radius 3 is 2.35 bits per heavy atom. The predicted octanol–water partition coefficient (Wildman–Crippen LogP) is 2.82. The third-order valence-corrected chi connectivity index (χ3v) is 7.14. The van der Waals surface area contributed by atoms with Crippen LogP contribution in [-0.2, 0) is 14.8 Å². The first-order valence-corrected chi connectivity index (χ1v) is 11.6. The van der Waals surface area contributed by atoms with Crippen LogP contribution in [0.15, 0.2) is 53.4 Å². The molecule has 9 heteroatoms. The topological polar surface area (TPSA) is 84.9 Å². The first kappa shape index (κ1) is 23.0. The van der Waals surface area contributed by atoms with Crippen LogP contribution in [0, 0.1) is 11.7 Å². The molecule has 0 unspecified atom stereocenters. The number of rotatable bonds is 8. The van der Waals surface area contributed by atoms with Crippen molar-refractivity contribution in [3.63, 3.8) is 0 Å². The van der Waals surface area contributed by atoms with Gasteiger partial charge in [0.25, 0.3) is 0 Å². The average Bonchev–Trinajstić information content (AvgIpc) is 2.78. The Labute approximate surface area is 182 Å². The van der Waals surface area contributed by atoms with E-state index in [-0.39, 0.29) is 42.5 Å². The number of para-hydroxylation sites is 2. The molecule has 1 heterocycles. The second-order valence-electron chi connectivity index (χ2n) is 7.50. The minimum absolute atomic E-state index is 0.0545. The van der Waals surface area contributed by atoms with E-state index in [1.54, 1.807) is 19.2 Å². The van der Waals surface area contributed by atoms with E-state index in [9.17, 15) is 17.6 Å². The first-order valence-electron chi connectivity index (χ1n) is 10.1. The number of piperidine rings is 1. The molecule has 2 aromatic carbocycles. The van der Waals surface area contributed by atoms with Crippen LogP contribution in [0.5, 0.6) is 11.5 Å². The van der Waals surface area contributed by atoms with E-state index in [1.807, 2.05) is 19.1 Å². The van der Waals surface area contributed by atoms with Gasteiger partial charge in [0, 0.05) is 19.0 Å². The van der Waals surface area contributed by atoms with Crippen molar-refractivity contribution < 1.29 is 27.1 Å². The van der Waals surface area contributed by atoms with E-state index < -0.39 is 15.8 Å². The highest BCUT2D eigenvalue weighted by Crippen LogP contribution is 2.26. The first-order chi connectivity index (χ1) is 14.8. The quantitative estimate of drug-likeness (QED) is 0.669. The van der Waals surface area contributed by atoms with Gasteiger partial charge in [-0.25, -0.2) is 12.8 Å². The number of benzene rings is 2. The normalized spacial score (nSPS) is 16.5. The van der Waals surface area contributed by atoms with Crippen molar-refractivity contribution in [2.45, 2.75) is 30.7 Å². The largest absolute Gasteiger partial charge is 0.493 e. The third-order valence-electron chi connectivity index (χ3n) is 5.22. The van der Waals surface area contributed by atoms with E-state index in [0.29, 0.717) is 24.3 Å². The number of hydrogen-bond acceptors (Lipinski definition) is 5. The van der Waals surface area contributed by atoms with Crippen LogP contribution >= 0.6 is 0 Å². The molecule has 3 rings (SSSR count). The maximum Gasteiger partial charge on any atom is 0.243 e. The Kier molecular flexibility index (Phi) is 7.50. The van der Waals surface area contributed by atoms with Crippen molar-refractivity contribution in [1.29, 1.82) is 0 Å². The number of hydrogen-bond donors (Lipinski definition) is 1. The lowest BCUT2D eigenvalue weighted by Crippen LogP contribution is -2.45. The van der Waals surface area contributed by atoms with E-state index in [2.05, 4.69) is 5.32 Å². The molecule has 1 aliphatic rings. The second-order valence-corrected chi connectivity index (χ2v) is 9.44. The van der Waals surface area contributed by atoms with Crippen molar-refractivity contribution in [3.8, 4) is 11.5 Å². The fourth-order valence-corrected chi connectivity index (χ4v) is 4.94. The van der Waals surface area contributed by atoms with Crippen LogP contribution < -0.4 is 14.8 Å². The third kappa shape index (κ3) is 5.74. The summed E-state index contributed by atoms with van der Waals surface area (Å²) in [4.78, 5) is 12.7. The molecule has 0 saturated carbocycles.